The van der Waals surface area contributed by atoms with Crippen molar-refractivity contribution in [3.8, 4) is 33.9 Å². The highest BCUT2D eigenvalue weighted by atomic mass is 16.6. The number of aromatic nitrogens is 3. The molecule has 1 unspecified atom stereocenters. The molecule has 0 saturated carbocycles. The molecule has 2 aliphatic rings. The lowest BCUT2D eigenvalue weighted by atomic mass is 10.0. The molecule has 15 heteroatoms. The molecule has 1 atom stereocenters. The number of rotatable bonds is 15. The SMILES string of the molecule is COc1ccc2nc(-c3ccc(-c4ccnc(N(CCOCCOCCOc5ccc6c(c5)CN(C5CCC(=O)NC5=O)C6=O)C(=O)OC(C)(C)C)c4)cc3)cn2c1. The minimum atomic E-state index is -0.712. The van der Waals surface area contributed by atoms with E-state index in [0.717, 1.165) is 39.3 Å². The molecule has 0 spiro atoms. The predicted molar refractivity (Wildman–Crippen MR) is 214 cm³/mol. The van der Waals surface area contributed by atoms with E-state index in [9.17, 15) is 19.2 Å². The molecule has 58 heavy (non-hydrogen) atoms. The Morgan fingerprint density at radius 2 is 1.60 bits per heavy atom. The molecule has 3 aromatic heterocycles. The van der Waals surface area contributed by atoms with Crippen molar-refractivity contribution in [2.75, 3.05) is 51.6 Å². The molecule has 5 aromatic rings. The first kappa shape index (κ1) is 39.9. The Kier molecular flexibility index (Phi) is 12.0. The average molecular weight is 791 g/mol. The second-order valence-corrected chi connectivity index (χ2v) is 14.9. The summed E-state index contributed by atoms with van der Waals surface area (Å²) in [5.41, 5.74) is 5.01. The third-order valence-electron chi connectivity index (χ3n) is 9.63. The third kappa shape index (κ3) is 9.44. The van der Waals surface area contributed by atoms with Crippen LogP contribution in [-0.2, 0) is 30.3 Å². The maximum Gasteiger partial charge on any atom is 0.416 e. The Bertz CT molecular complexity index is 2300. The number of imide groups is 1. The fourth-order valence-electron chi connectivity index (χ4n) is 6.76. The van der Waals surface area contributed by atoms with E-state index in [2.05, 4.69) is 10.3 Å². The topological polar surface area (TPSA) is 163 Å². The number of nitrogens with one attached hydrogen (secondary N) is 1. The van der Waals surface area contributed by atoms with Crippen LogP contribution >= 0.6 is 0 Å². The molecule has 15 nitrogen and oxygen atoms in total. The summed E-state index contributed by atoms with van der Waals surface area (Å²) in [5.74, 6) is 0.763. The Morgan fingerprint density at radius 1 is 0.862 bits per heavy atom. The van der Waals surface area contributed by atoms with Crippen LogP contribution in [0.2, 0.25) is 0 Å². The van der Waals surface area contributed by atoms with E-state index in [0.29, 0.717) is 43.4 Å². The molecule has 0 bridgehead atoms. The highest BCUT2D eigenvalue weighted by Gasteiger charge is 2.39. The highest BCUT2D eigenvalue weighted by Crippen LogP contribution is 2.31. The molecule has 1 saturated heterocycles. The zero-order valence-electron chi connectivity index (χ0n) is 32.9. The number of pyridine rings is 2. The molecule has 5 heterocycles. The number of piperidine rings is 1. The van der Waals surface area contributed by atoms with E-state index >= 15 is 0 Å². The lowest BCUT2D eigenvalue weighted by Gasteiger charge is -2.29. The van der Waals surface area contributed by atoms with Gasteiger partial charge < -0.3 is 33.0 Å². The van der Waals surface area contributed by atoms with Crippen molar-refractivity contribution in [1.29, 1.82) is 0 Å². The molecular weight excluding hydrogens is 745 g/mol. The number of nitrogens with zero attached hydrogens (tertiary/aromatic N) is 5. The standard InChI is InChI=1S/C43H46N6O9/c1-43(2,3)58-42(53)48(38-24-30(15-16-44-38)28-5-7-29(8-6-28)35-27-47-26-33(54-4)10-13-37(47)45-35)17-18-55-19-20-56-21-22-57-32-9-11-34-31(23-32)25-49(41(34)52)36-12-14-39(50)46-40(36)51/h5-11,13,15-16,23-24,26-27,36H,12,14,17-22,25H2,1-4H3,(H,46,50,51). The third-order valence-corrected chi connectivity index (χ3v) is 9.63. The van der Waals surface area contributed by atoms with Crippen molar-refractivity contribution < 1.29 is 42.9 Å². The molecule has 4 amide bonds. The van der Waals surface area contributed by atoms with Gasteiger partial charge in [0.1, 0.15) is 41.2 Å². The van der Waals surface area contributed by atoms with E-state index in [-0.39, 0.29) is 44.5 Å². The molecule has 0 radical (unpaired) electrons. The summed E-state index contributed by atoms with van der Waals surface area (Å²) >= 11 is 0. The van der Waals surface area contributed by atoms with Gasteiger partial charge in [-0.1, -0.05) is 24.3 Å². The number of hydrogen-bond acceptors (Lipinski definition) is 11. The molecule has 2 aliphatic heterocycles. The van der Waals surface area contributed by atoms with Crippen molar-refractivity contribution in [3.05, 3.63) is 96.4 Å². The zero-order valence-corrected chi connectivity index (χ0v) is 32.9. The molecule has 1 N–H and O–H groups in total. The lowest BCUT2D eigenvalue weighted by molar-refractivity contribution is -0.136. The van der Waals surface area contributed by atoms with Crippen LogP contribution in [0, 0.1) is 0 Å². The summed E-state index contributed by atoms with van der Waals surface area (Å²) in [6.07, 6.45) is 5.49. The van der Waals surface area contributed by atoms with Gasteiger partial charge in [-0.05, 0) is 86.3 Å². The quantitative estimate of drug-likeness (QED) is 0.102. The van der Waals surface area contributed by atoms with Crippen molar-refractivity contribution in [1.82, 2.24) is 24.6 Å². The Morgan fingerprint density at radius 3 is 2.36 bits per heavy atom. The van der Waals surface area contributed by atoms with Gasteiger partial charge in [0.05, 0.1) is 52.0 Å². The first-order valence-corrected chi connectivity index (χ1v) is 19.1. The number of anilines is 1. The summed E-state index contributed by atoms with van der Waals surface area (Å²) in [4.78, 5) is 62.4. The van der Waals surface area contributed by atoms with Crippen molar-refractivity contribution in [2.45, 2.75) is 51.8 Å². The Hall–Kier alpha value is -6.32. The van der Waals surface area contributed by atoms with Crippen LogP contribution in [0.1, 0.15) is 49.5 Å². The number of fused-ring (bicyclic) bond motifs is 2. The van der Waals surface area contributed by atoms with E-state index in [1.165, 1.54) is 9.80 Å². The van der Waals surface area contributed by atoms with Crippen LogP contribution in [0.3, 0.4) is 0 Å². The first-order valence-electron chi connectivity index (χ1n) is 19.1. The molecule has 302 valence electrons. The number of imidazole rings is 1. The number of methoxy groups -OCH3 is 1. The van der Waals surface area contributed by atoms with E-state index in [1.807, 2.05) is 86.1 Å². The molecule has 7 rings (SSSR count). The van der Waals surface area contributed by atoms with Gasteiger partial charge in [-0.3, -0.25) is 24.6 Å². The second-order valence-electron chi connectivity index (χ2n) is 14.9. The minimum Gasteiger partial charge on any atom is -0.495 e. The number of hydrogen-bond donors (Lipinski definition) is 1. The van der Waals surface area contributed by atoms with Crippen LogP contribution in [-0.4, -0.2) is 101 Å². The van der Waals surface area contributed by atoms with Gasteiger partial charge in [0.15, 0.2) is 0 Å². The fraction of sp³-hybridized carbons (Fsp3) is 0.349. The van der Waals surface area contributed by atoms with Gasteiger partial charge in [0.2, 0.25) is 11.8 Å². The van der Waals surface area contributed by atoms with Crippen LogP contribution in [0.5, 0.6) is 11.5 Å². The van der Waals surface area contributed by atoms with E-state index in [4.69, 9.17) is 28.7 Å². The van der Waals surface area contributed by atoms with Crippen LogP contribution in [0.25, 0.3) is 28.0 Å². The molecular formula is C43H46N6O9. The predicted octanol–water partition coefficient (Wildman–Crippen LogP) is 5.69. The van der Waals surface area contributed by atoms with Crippen LogP contribution in [0.15, 0.2) is 85.3 Å². The first-order chi connectivity index (χ1) is 28.0. The van der Waals surface area contributed by atoms with Gasteiger partial charge in [0.25, 0.3) is 5.91 Å². The lowest BCUT2D eigenvalue weighted by Crippen LogP contribution is -2.52. The minimum absolute atomic E-state index is 0.202. The largest absolute Gasteiger partial charge is 0.495 e. The summed E-state index contributed by atoms with van der Waals surface area (Å²) < 4.78 is 30.4. The van der Waals surface area contributed by atoms with Crippen LogP contribution < -0.4 is 19.7 Å². The maximum absolute atomic E-state index is 13.4. The number of carbonyl (C=O) groups excluding carboxylic acids is 4. The Labute approximate surface area is 335 Å². The van der Waals surface area contributed by atoms with Gasteiger partial charge in [0, 0.05) is 36.5 Å². The average Bonchev–Trinajstić information content (AvgIpc) is 3.78. The van der Waals surface area contributed by atoms with Crippen molar-refractivity contribution >= 4 is 35.3 Å². The molecule has 2 aromatic carbocycles. The Balaban J connectivity index is 0.880. The highest BCUT2D eigenvalue weighted by molar-refractivity contribution is 6.05. The van der Waals surface area contributed by atoms with E-state index < -0.39 is 23.6 Å². The number of amides is 4. The number of ether oxygens (including phenoxy) is 5. The van der Waals surface area contributed by atoms with Crippen molar-refractivity contribution in [2.24, 2.45) is 0 Å². The van der Waals surface area contributed by atoms with E-state index in [1.54, 1.807) is 31.5 Å². The summed E-state index contributed by atoms with van der Waals surface area (Å²) in [6.45, 7) is 7.31. The summed E-state index contributed by atoms with van der Waals surface area (Å²) in [7, 11) is 1.63. The van der Waals surface area contributed by atoms with Crippen LogP contribution in [0.4, 0.5) is 10.6 Å². The smallest absolute Gasteiger partial charge is 0.416 e. The second kappa shape index (κ2) is 17.4. The summed E-state index contributed by atoms with van der Waals surface area (Å²) in [6, 6.07) is 20.1. The molecule has 1 fully saturated rings. The summed E-state index contributed by atoms with van der Waals surface area (Å²) in [5, 5.41) is 2.31. The van der Waals surface area contributed by atoms with Crippen molar-refractivity contribution in [3.63, 3.8) is 0 Å². The number of carbonyl (C=O) groups is 4. The zero-order chi connectivity index (χ0) is 40.8. The van der Waals surface area contributed by atoms with Gasteiger partial charge >= 0.3 is 6.09 Å². The normalized spacial score (nSPS) is 15.3. The monoisotopic (exact) mass is 790 g/mol. The van der Waals surface area contributed by atoms with Gasteiger partial charge in [-0.25, -0.2) is 14.8 Å². The molecule has 0 aliphatic carbocycles. The number of benzene rings is 2. The fourth-order valence-corrected chi connectivity index (χ4v) is 6.76. The van der Waals surface area contributed by atoms with Gasteiger partial charge in [-0.15, -0.1) is 0 Å². The van der Waals surface area contributed by atoms with Gasteiger partial charge in [-0.2, -0.15) is 0 Å². The maximum atomic E-state index is 13.4.